The number of carbonyl (C=O) groups excluding carboxylic acids is 2. The Bertz CT molecular complexity index is 636. The maximum absolute atomic E-state index is 12.6. The van der Waals surface area contributed by atoms with Gasteiger partial charge >= 0.3 is 0 Å². The van der Waals surface area contributed by atoms with Crippen molar-refractivity contribution < 1.29 is 9.59 Å². The molecule has 0 fully saturated rings. The number of nitrogens with one attached hydrogen (secondary N) is 1. The highest BCUT2D eigenvalue weighted by atomic mass is 16.2. The van der Waals surface area contributed by atoms with Gasteiger partial charge in [0.05, 0.1) is 17.5 Å². The van der Waals surface area contributed by atoms with E-state index in [4.69, 9.17) is 0 Å². The van der Waals surface area contributed by atoms with E-state index in [1.165, 1.54) is 5.01 Å². The summed E-state index contributed by atoms with van der Waals surface area (Å²) in [7, 11) is 0. The molecule has 1 aromatic rings. The van der Waals surface area contributed by atoms with Gasteiger partial charge in [0, 0.05) is 11.4 Å². The van der Waals surface area contributed by atoms with Gasteiger partial charge in [0.15, 0.2) is 0 Å². The molecular weight excluding hydrogens is 256 g/mol. The fourth-order valence-electron chi connectivity index (χ4n) is 2.58. The van der Waals surface area contributed by atoms with E-state index in [0.717, 1.165) is 0 Å². The zero-order valence-corrected chi connectivity index (χ0v) is 11.2. The standard InChI is InChI=1S/C14H14N4O2/c1-8-11(13(19)16-15-8)12-9(2)17-18(14(12)20)10-6-4-3-5-7-10/h3-7,11-12H,1-2H3,(H,16,19). The van der Waals surface area contributed by atoms with Crippen molar-refractivity contribution in [2.75, 3.05) is 5.01 Å². The monoisotopic (exact) mass is 270 g/mol. The molecular formula is C14H14N4O2. The summed E-state index contributed by atoms with van der Waals surface area (Å²) in [6.07, 6.45) is 0. The summed E-state index contributed by atoms with van der Waals surface area (Å²) in [5, 5.41) is 9.56. The lowest BCUT2D eigenvalue weighted by molar-refractivity contribution is -0.127. The molecule has 0 saturated heterocycles. The Balaban J connectivity index is 1.94. The molecule has 2 heterocycles. The van der Waals surface area contributed by atoms with Crippen LogP contribution in [0.4, 0.5) is 5.69 Å². The number of anilines is 1. The summed E-state index contributed by atoms with van der Waals surface area (Å²) in [6.45, 7) is 3.51. The van der Waals surface area contributed by atoms with Gasteiger partial charge in [0.25, 0.3) is 5.91 Å². The van der Waals surface area contributed by atoms with E-state index in [9.17, 15) is 9.59 Å². The van der Waals surface area contributed by atoms with Crippen molar-refractivity contribution in [3.63, 3.8) is 0 Å². The second-order valence-electron chi connectivity index (χ2n) is 4.91. The second-order valence-corrected chi connectivity index (χ2v) is 4.91. The number of hydrogen-bond acceptors (Lipinski definition) is 4. The van der Waals surface area contributed by atoms with Crippen LogP contribution in [0.25, 0.3) is 0 Å². The smallest absolute Gasteiger partial charge is 0.257 e. The molecule has 0 spiro atoms. The molecule has 2 amide bonds. The molecule has 102 valence electrons. The molecule has 6 heteroatoms. The Hall–Kier alpha value is -2.50. The molecule has 0 saturated carbocycles. The predicted molar refractivity (Wildman–Crippen MR) is 75.3 cm³/mol. The lowest BCUT2D eigenvalue weighted by Crippen LogP contribution is -2.39. The molecule has 2 aliphatic heterocycles. The molecule has 1 N–H and O–H groups in total. The van der Waals surface area contributed by atoms with Crippen LogP contribution in [0.2, 0.25) is 0 Å². The number of hydrogen-bond donors (Lipinski definition) is 1. The normalized spacial score (nSPS) is 25.6. The van der Waals surface area contributed by atoms with E-state index in [0.29, 0.717) is 17.1 Å². The van der Waals surface area contributed by atoms with Crippen LogP contribution in [-0.4, -0.2) is 23.2 Å². The second kappa shape index (κ2) is 4.56. The van der Waals surface area contributed by atoms with E-state index >= 15 is 0 Å². The first-order valence-corrected chi connectivity index (χ1v) is 6.37. The van der Waals surface area contributed by atoms with Gasteiger partial charge in [-0.25, -0.2) is 10.4 Å². The maximum atomic E-state index is 12.6. The zero-order chi connectivity index (χ0) is 14.3. The van der Waals surface area contributed by atoms with Crippen LogP contribution in [0.1, 0.15) is 13.8 Å². The molecule has 6 nitrogen and oxygen atoms in total. The SMILES string of the molecule is CC1=NNC(=O)C1C1C(=O)N(c2ccccc2)N=C1C. The number of para-hydroxylation sites is 1. The van der Waals surface area contributed by atoms with E-state index < -0.39 is 11.8 Å². The van der Waals surface area contributed by atoms with Crippen molar-refractivity contribution in [3.05, 3.63) is 30.3 Å². The summed E-state index contributed by atoms with van der Waals surface area (Å²) in [5.41, 5.74) is 4.37. The Kier molecular flexibility index (Phi) is 2.85. The largest absolute Gasteiger partial charge is 0.272 e. The molecule has 2 atom stereocenters. The Morgan fingerprint density at radius 2 is 1.75 bits per heavy atom. The average molecular weight is 270 g/mol. The van der Waals surface area contributed by atoms with Crippen molar-refractivity contribution in [2.24, 2.45) is 22.0 Å². The predicted octanol–water partition coefficient (Wildman–Crippen LogP) is 1.15. The Labute approximate surface area is 116 Å². The topological polar surface area (TPSA) is 74.1 Å². The number of nitrogens with zero attached hydrogens (tertiary/aromatic N) is 3. The van der Waals surface area contributed by atoms with Gasteiger partial charge < -0.3 is 0 Å². The lowest BCUT2D eigenvalue weighted by Gasteiger charge is -2.17. The van der Waals surface area contributed by atoms with Crippen molar-refractivity contribution in [1.82, 2.24) is 5.43 Å². The number of benzene rings is 1. The van der Waals surface area contributed by atoms with Gasteiger partial charge in [0.1, 0.15) is 0 Å². The minimum absolute atomic E-state index is 0.190. The molecule has 0 bridgehead atoms. The first-order valence-electron chi connectivity index (χ1n) is 6.37. The number of amides is 2. The van der Waals surface area contributed by atoms with Gasteiger partial charge in [-0.3, -0.25) is 9.59 Å². The fraction of sp³-hybridized carbons (Fsp3) is 0.286. The molecule has 0 aromatic heterocycles. The maximum Gasteiger partial charge on any atom is 0.257 e. The third kappa shape index (κ3) is 1.80. The molecule has 3 rings (SSSR count). The molecule has 20 heavy (non-hydrogen) atoms. The van der Waals surface area contributed by atoms with E-state index in [-0.39, 0.29) is 11.8 Å². The third-order valence-electron chi connectivity index (χ3n) is 3.59. The van der Waals surface area contributed by atoms with Crippen LogP contribution in [0.3, 0.4) is 0 Å². The van der Waals surface area contributed by atoms with Crippen molar-refractivity contribution >= 4 is 28.9 Å². The van der Waals surface area contributed by atoms with Gasteiger partial charge in [-0.05, 0) is 26.0 Å². The van der Waals surface area contributed by atoms with Gasteiger partial charge in [-0.2, -0.15) is 10.2 Å². The van der Waals surface area contributed by atoms with E-state index in [2.05, 4.69) is 15.6 Å². The summed E-state index contributed by atoms with van der Waals surface area (Å²) in [6, 6.07) is 9.18. The van der Waals surface area contributed by atoms with Gasteiger partial charge in [-0.15, -0.1) is 0 Å². The highest BCUT2D eigenvalue weighted by Gasteiger charge is 2.46. The molecule has 0 aliphatic carbocycles. The summed E-state index contributed by atoms with van der Waals surface area (Å²) < 4.78 is 0. The molecule has 2 unspecified atom stereocenters. The molecule has 2 aliphatic rings. The highest BCUT2D eigenvalue weighted by molar-refractivity contribution is 6.22. The first kappa shape index (κ1) is 12.5. The lowest BCUT2D eigenvalue weighted by atomic mass is 9.85. The minimum Gasteiger partial charge on any atom is -0.272 e. The van der Waals surface area contributed by atoms with Crippen LogP contribution >= 0.6 is 0 Å². The van der Waals surface area contributed by atoms with Crippen LogP contribution < -0.4 is 10.4 Å². The van der Waals surface area contributed by atoms with Crippen LogP contribution in [-0.2, 0) is 9.59 Å². The highest BCUT2D eigenvalue weighted by Crippen LogP contribution is 2.30. The van der Waals surface area contributed by atoms with Crippen LogP contribution in [0.5, 0.6) is 0 Å². The number of rotatable bonds is 2. The quantitative estimate of drug-likeness (QED) is 0.875. The number of carbonyl (C=O) groups is 2. The van der Waals surface area contributed by atoms with Gasteiger partial charge in [-0.1, -0.05) is 18.2 Å². The Morgan fingerprint density at radius 1 is 1.05 bits per heavy atom. The number of hydrazone groups is 2. The summed E-state index contributed by atoms with van der Waals surface area (Å²) in [5.74, 6) is -1.56. The fourth-order valence-corrected chi connectivity index (χ4v) is 2.58. The molecule has 1 aromatic carbocycles. The van der Waals surface area contributed by atoms with Gasteiger partial charge in [0.2, 0.25) is 5.91 Å². The Morgan fingerprint density at radius 3 is 2.35 bits per heavy atom. The molecule has 0 radical (unpaired) electrons. The average Bonchev–Trinajstić information content (AvgIpc) is 2.92. The van der Waals surface area contributed by atoms with Crippen LogP contribution in [0.15, 0.2) is 40.5 Å². The van der Waals surface area contributed by atoms with Crippen molar-refractivity contribution in [3.8, 4) is 0 Å². The van der Waals surface area contributed by atoms with Crippen molar-refractivity contribution in [1.29, 1.82) is 0 Å². The first-order chi connectivity index (χ1) is 9.59. The minimum atomic E-state index is -0.568. The zero-order valence-electron chi connectivity index (χ0n) is 11.2. The summed E-state index contributed by atoms with van der Waals surface area (Å²) in [4.78, 5) is 24.4. The summed E-state index contributed by atoms with van der Waals surface area (Å²) >= 11 is 0. The van der Waals surface area contributed by atoms with E-state index in [1.54, 1.807) is 13.8 Å². The van der Waals surface area contributed by atoms with Crippen LogP contribution in [0, 0.1) is 11.8 Å². The third-order valence-corrected chi connectivity index (χ3v) is 3.59. The van der Waals surface area contributed by atoms with E-state index in [1.807, 2.05) is 30.3 Å². The van der Waals surface area contributed by atoms with Crippen molar-refractivity contribution in [2.45, 2.75) is 13.8 Å².